The van der Waals surface area contributed by atoms with E-state index in [4.69, 9.17) is 0 Å². The van der Waals surface area contributed by atoms with E-state index in [9.17, 15) is 5.26 Å². The molecule has 2 aliphatic carbocycles. The van der Waals surface area contributed by atoms with E-state index in [1.165, 1.54) is 24.2 Å². The Kier molecular flexibility index (Phi) is 3.70. The van der Waals surface area contributed by atoms with Crippen molar-refractivity contribution < 1.29 is 0 Å². The van der Waals surface area contributed by atoms with Gasteiger partial charge in [-0.15, -0.1) is 10.2 Å². The quantitative estimate of drug-likeness (QED) is 0.587. The summed E-state index contributed by atoms with van der Waals surface area (Å²) in [7, 11) is 0. The SMILES string of the molecule is CC1(NSc2cc(Br)c3cnc(-c4nnc(C5(C#N)CC5)s4)n3c2)CC1. The van der Waals surface area contributed by atoms with Crippen molar-refractivity contribution in [1.82, 2.24) is 24.3 Å². The van der Waals surface area contributed by atoms with Gasteiger partial charge >= 0.3 is 0 Å². The summed E-state index contributed by atoms with van der Waals surface area (Å²) in [6.45, 7) is 2.24. The van der Waals surface area contributed by atoms with Crippen molar-refractivity contribution in [3.8, 4) is 16.9 Å². The molecular weight excluding hydrogens is 432 g/mol. The Morgan fingerprint density at radius 1 is 1.35 bits per heavy atom. The van der Waals surface area contributed by atoms with Crippen LogP contribution in [0.1, 0.15) is 37.6 Å². The minimum Gasteiger partial charge on any atom is -0.295 e. The van der Waals surface area contributed by atoms with Crippen LogP contribution in [0.2, 0.25) is 0 Å². The maximum absolute atomic E-state index is 9.38. The number of nitrogens with zero attached hydrogens (tertiary/aromatic N) is 5. The first-order valence-electron chi connectivity index (χ1n) is 8.38. The predicted octanol–water partition coefficient (Wildman–Crippen LogP) is 4.32. The normalized spacial score (nSPS) is 19.4. The van der Waals surface area contributed by atoms with Crippen LogP contribution in [0.15, 0.2) is 27.8 Å². The Morgan fingerprint density at radius 3 is 2.85 bits per heavy atom. The highest BCUT2D eigenvalue weighted by Gasteiger charge is 2.48. The molecule has 0 aliphatic heterocycles. The van der Waals surface area contributed by atoms with Gasteiger partial charge in [0, 0.05) is 21.1 Å². The summed E-state index contributed by atoms with van der Waals surface area (Å²) in [4.78, 5) is 5.67. The summed E-state index contributed by atoms with van der Waals surface area (Å²) in [6.07, 6.45) is 8.09. The van der Waals surface area contributed by atoms with Crippen LogP contribution in [0.3, 0.4) is 0 Å². The molecule has 0 bridgehead atoms. The summed E-state index contributed by atoms with van der Waals surface area (Å²) in [5.41, 5.74) is 0.836. The summed E-state index contributed by atoms with van der Waals surface area (Å²) in [5.74, 6) is 0.762. The molecule has 0 radical (unpaired) electrons. The zero-order valence-corrected chi connectivity index (χ0v) is 17.2. The number of hydrogen-bond acceptors (Lipinski definition) is 7. The number of nitrogens with one attached hydrogen (secondary N) is 1. The van der Waals surface area contributed by atoms with Gasteiger partial charge in [-0.2, -0.15) is 5.26 Å². The largest absolute Gasteiger partial charge is 0.295 e. The highest BCUT2D eigenvalue weighted by atomic mass is 79.9. The number of pyridine rings is 1. The molecule has 2 saturated carbocycles. The zero-order valence-electron chi connectivity index (χ0n) is 14.0. The van der Waals surface area contributed by atoms with Gasteiger partial charge in [-0.1, -0.05) is 11.3 Å². The van der Waals surface area contributed by atoms with Crippen LogP contribution in [0.4, 0.5) is 0 Å². The van der Waals surface area contributed by atoms with Gasteiger partial charge < -0.3 is 0 Å². The first-order chi connectivity index (χ1) is 12.5. The zero-order chi connectivity index (χ0) is 17.9. The Morgan fingerprint density at radius 2 is 2.15 bits per heavy atom. The molecule has 3 aromatic heterocycles. The molecule has 9 heteroatoms. The molecule has 5 rings (SSSR count). The highest BCUT2D eigenvalue weighted by molar-refractivity contribution is 9.10. The van der Waals surface area contributed by atoms with Gasteiger partial charge in [0.1, 0.15) is 10.4 Å². The lowest BCUT2D eigenvalue weighted by molar-refractivity contribution is 0.701. The fourth-order valence-electron chi connectivity index (χ4n) is 2.72. The summed E-state index contributed by atoms with van der Waals surface area (Å²) in [5, 5.41) is 19.5. The smallest absolute Gasteiger partial charge is 0.183 e. The molecule has 6 nitrogen and oxygen atoms in total. The van der Waals surface area contributed by atoms with Gasteiger partial charge in [0.05, 0.1) is 17.8 Å². The van der Waals surface area contributed by atoms with E-state index >= 15 is 0 Å². The fraction of sp³-hybridized carbons (Fsp3) is 0.412. The van der Waals surface area contributed by atoms with E-state index in [2.05, 4.69) is 61.1 Å². The first-order valence-corrected chi connectivity index (χ1v) is 10.8. The van der Waals surface area contributed by atoms with Crippen molar-refractivity contribution in [1.29, 1.82) is 5.26 Å². The van der Waals surface area contributed by atoms with E-state index < -0.39 is 5.41 Å². The number of fused-ring (bicyclic) bond motifs is 1. The maximum atomic E-state index is 9.38. The van der Waals surface area contributed by atoms with Crippen molar-refractivity contribution in [3.05, 3.63) is 27.9 Å². The minimum absolute atomic E-state index is 0.258. The monoisotopic (exact) mass is 446 g/mol. The van der Waals surface area contributed by atoms with Gasteiger partial charge in [-0.3, -0.25) is 9.12 Å². The average Bonchev–Trinajstić information content (AvgIpc) is 3.47. The molecular formula is C17H15BrN6S2. The molecule has 3 aromatic rings. The molecule has 0 saturated heterocycles. The third kappa shape index (κ3) is 2.76. The van der Waals surface area contributed by atoms with Gasteiger partial charge in [0.15, 0.2) is 10.8 Å². The Balaban J connectivity index is 1.52. The molecule has 0 unspecified atom stereocenters. The van der Waals surface area contributed by atoms with Crippen molar-refractivity contribution >= 4 is 44.7 Å². The third-order valence-electron chi connectivity index (χ3n) is 4.97. The minimum atomic E-state index is -0.409. The molecule has 132 valence electrons. The summed E-state index contributed by atoms with van der Waals surface area (Å²) >= 11 is 6.77. The fourth-order valence-corrected chi connectivity index (χ4v) is 5.35. The van der Waals surface area contributed by atoms with E-state index in [0.29, 0.717) is 0 Å². The molecule has 2 fully saturated rings. The Labute approximate surface area is 167 Å². The molecule has 26 heavy (non-hydrogen) atoms. The number of hydrogen-bond donors (Lipinski definition) is 1. The topological polar surface area (TPSA) is 78.9 Å². The van der Waals surface area contributed by atoms with E-state index in [0.717, 1.165) is 43.6 Å². The lowest BCUT2D eigenvalue weighted by Crippen LogP contribution is -2.19. The van der Waals surface area contributed by atoms with Crippen LogP contribution in [-0.4, -0.2) is 25.1 Å². The first kappa shape index (κ1) is 16.7. The summed E-state index contributed by atoms with van der Waals surface area (Å²) < 4.78 is 6.56. The van der Waals surface area contributed by atoms with Crippen molar-refractivity contribution in [2.75, 3.05) is 0 Å². The van der Waals surface area contributed by atoms with E-state index in [1.807, 2.05) is 10.6 Å². The maximum Gasteiger partial charge on any atom is 0.183 e. The second kappa shape index (κ2) is 5.76. The van der Waals surface area contributed by atoms with Crippen LogP contribution in [-0.2, 0) is 5.41 Å². The third-order valence-corrected chi connectivity index (χ3v) is 7.78. The highest BCUT2D eigenvalue weighted by Crippen LogP contribution is 2.49. The van der Waals surface area contributed by atoms with Crippen LogP contribution in [0, 0.1) is 11.3 Å². The van der Waals surface area contributed by atoms with Crippen LogP contribution >= 0.6 is 39.2 Å². The van der Waals surface area contributed by atoms with Gasteiger partial charge in [-0.05, 0) is 66.6 Å². The van der Waals surface area contributed by atoms with E-state index in [1.54, 1.807) is 11.9 Å². The predicted molar refractivity (Wildman–Crippen MR) is 105 cm³/mol. The van der Waals surface area contributed by atoms with Crippen LogP contribution in [0.5, 0.6) is 0 Å². The van der Waals surface area contributed by atoms with Crippen LogP contribution < -0.4 is 4.72 Å². The van der Waals surface area contributed by atoms with Gasteiger partial charge in [-0.25, -0.2) is 4.98 Å². The Hall–Kier alpha value is -1.47. The second-order valence-corrected chi connectivity index (χ2v) is 9.94. The molecule has 0 amide bonds. The summed E-state index contributed by atoms with van der Waals surface area (Å²) in [6, 6.07) is 4.48. The number of nitriles is 1. The second-order valence-electron chi connectivity index (χ2n) is 7.23. The molecule has 0 aromatic carbocycles. The molecule has 2 aliphatic rings. The molecule has 1 N–H and O–H groups in total. The molecule has 3 heterocycles. The van der Waals surface area contributed by atoms with Crippen molar-refractivity contribution in [3.63, 3.8) is 0 Å². The van der Waals surface area contributed by atoms with Gasteiger partial charge in [0.2, 0.25) is 0 Å². The van der Waals surface area contributed by atoms with E-state index in [-0.39, 0.29) is 5.54 Å². The molecule has 0 spiro atoms. The Bertz CT molecular complexity index is 1060. The van der Waals surface area contributed by atoms with Crippen LogP contribution in [0.25, 0.3) is 16.3 Å². The molecule has 0 atom stereocenters. The standard InChI is InChI=1S/C17H15BrN6S2/c1-16(2-3-16)23-26-10-6-11(18)12-7-20-13(24(12)8-10)14-21-22-15(25-14)17(9-19)4-5-17/h6-8,23H,2-5H2,1H3. The number of rotatable bonds is 5. The number of aromatic nitrogens is 4. The number of halogens is 1. The van der Waals surface area contributed by atoms with Crippen molar-refractivity contribution in [2.45, 2.75) is 48.5 Å². The lowest BCUT2D eigenvalue weighted by atomic mass is 10.1. The number of imidazole rings is 1. The van der Waals surface area contributed by atoms with Gasteiger partial charge in [0.25, 0.3) is 0 Å². The van der Waals surface area contributed by atoms with Crippen molar-refractivity contribution in [2.24, 2.45) is 0 Å². The average molecular weight is 447 g/mol. The lowest BCUT2D eigenvalue weighted by Gasteiger charge is -2.11.